The van der Waals surface area contributed by atoms with Gasteiger partial charge in [-0.25, -0.2) is 0 Å². The molecule has 0 spiro atoms. The highest BCUT2D eigenvalue weighted by Crippen LogP contribution is 2.20. The lowest BCUT2D eigenvalue weighted by Gasteiger charge is -2.18. The minimum atomic E-state index is 0.0449. The average molecular weight is 275 g/mol. The van der Waals surface area contributed by atoms with E-state index in [9.17, 15) is 4.79 Å². The van der Waals surface area contributed by atoms with Gasteiger partial charge in [-0.1, -0.05) is 60.7 Å². The number of fused-ring (bicyclic) bond motifs is 1. The maximum atomic E-state index is 12.4. The van der Waals surface area contributed by atoms with Crippen molar-refractivity contribution >= 4 is 16.7 Å². The van der Waals surface area contributed by atoms with E-state index in [4.69, 9.17) is 0 Å². The molecular weight excluding hydrogens is 258 g/mol. The van der Waals surface area contributed by atoms with E-state index >= 15 is 0 Å². The molecule has 0 bridgehead atoms. The number of carbonyl (C=O) groups excluding carboxylic acids is 1. The van der Waals surface area contributed by atoms with Gasteiger partial charge in [-0.3, -0.25) is 4.79 Å². The van der Waals surface area contributed by atoms with E-state index in [1.54, 1.807) is 4.90 Å². The van der Waals surface area contributed by atoms with E-state index in [2.05, 4.69) is 24.3 Å². The van der Waals surface area contributed by atoms with Crippen molar-refractivity contribution in [3.63, 3.8) is 0 Å². The molecule has 0 aliphatic heterocycles. The Hall–Kier alpha value is -2.61. The number of amides is 1. The third-order valence-electron chi connectivity index (χ3n) is 3.65. The van der Waals surface area contributed by atoms with Crippen LogP contribution in [-0.2, 0) is 6.54 Å². The van der Waals surface area contributed by atoms with E-state index in [-0.39, 0.29) is 5.91 Å². The van der Waals surface area contributed by atoms with Gasteiger partial charge >= 0.3 is 0 Å². The molecule has 3 rings (SSSR count). The van der Waals surface area contributed by atoms with Crippen LogP contribution < -0.4 is 0 Å². The quantitative estimate of drug-likeness (QED) is 0.704. The zero-order chi connectivity index (χ0) is 14.7. The Bertz CT molecular complexity index is 759. The first-order valence-electron chi connectivity index (χ1n) is 7.03. The topological polar surface area (TPSA) is 20.3 Å². The summed E-state index contributed by atoms with van der Waals surface area (Å²) in [6, 6.07) is 23.9. The zero-order valence-corrected chi connectivity index (χ0v) is 12.0. The molecule has 2 heteroatoms. The number of hydrogen-bond donors (Lipinski definition) is 0. The molecule has 0 atom stereocenters. The largest absolute Gasteiger partial charge is 0.337 e. The third kappa shape index (κ3) is 2.79. The Morgan fingerprint density at radius 1 is 0.857 bits per heavy atom. The average Bonchev–Trinajstić information content (AvgIpc) is 2.55. The van der Waals surface area contributed by atoms with Crippen molar-refractivity contribution in [1.29, 1.82) is 0 Å². The van der Waals surface area contributed by atoms with Gasteiger partial charge in [0.05, 0.1) is 0 Å². The second-order valence-corrected chi connectivity index (χ2v) is 5.17. The van der Waals surface area contributed by atoms with Gasteiger partial charge in [-0.15, -0.1) is 0 Å². The van der Waals surface area contributed by atoms with Crippen LogP contribution in [0.25, 0.3) is 10.8 Å². The van der Waals surface area contributed by atoms with Crippen molar-refractivity contribution in [3.05, 3.63) is 83.9 Å². The molecule has 0 heterocycles. The van der Waals surface area contributed by atoms with Crippen molar-refractivity contribution in [1.82, 2.24) is 4.90 Å². The van der Waals surface area contributed by atoms with Gasteiger partial charge in [-0.05, 0) is 28.5 Å². The first-order valence-corrected chi connectivity index (χ1v) is 7.03. The summed E-state index contributed by atoms with van der Waals surface area (Å²) in [5.74, 6) is 0.0449. The second-order valence-electron chi connectivity index (χ2n) is 5.17. The number of hydrogen-bond acceptors (Lipinski definition) is 1. The van der Waals surface area contributed by atoms with E-state index < -0.39 is 0 Å². The molecule has 0 aromatic heterocycles. The fraction of sp³-hybridized carbons (Fsp3) is 0.105. The van der Waals surface area contributed by atoms with E-state index in [0.29, 0.717) is 6.54 Å². The molecule has 0 saturated carbocycles. The van der Waals surface area contributed by atoms with Crippen LogP contribution in [0, 0.1) is 0 Å². The second kappa shape index (κ2) is 5.80. The SMILES string of the molecule is CN(Cc1cccc2ccccc12)C(=O)c1ccccc1. The van der Waals surface area contributed by atoms with Crippen molar-refractivity contribution < 1.29 is 4.79 Å². The molecule has 3 aromatic carbocycles. The molecular formula is C19H17NO. The number of carbonyl (C=O) groups is 1. The van der Waals surface area contributed by atoms with E-state index in [1.165, 1.54) is 16.3 Å². The normalized spacial score (nSPS) is 10.5. The molecule has 3 aromatic rings. The molecule has 0 N–H and O–H groups in total. The lowest BCUT2D eigenvalue weighted by Crippen LogP contribution is -2.26. The molecule has 0 saturated heterocycles. The summed E-state index contributed by atoms with van der Waals surface area (Å²) in [5.41, 5.74) is 1.89. The number of nitrogens with zero attached hydrogens (tertiary/aromatic N) is 1. The molecule has 0 aliphatic carbocycles. The minimum absolute atomic E-state index is 0.0449. The summed E-state index contributed by atoms with van der Waals surface area (Å²) in [7, 11) is 1.84. The summed E-state index contributed by atoms with van der Waals surface area (Å²) < 4.78 is 0. The molecule has 1 amide bonds. The summed E-state index contributed by atoms with van der Waals surface area (Å²) in [5, 5.41) is 2.41. The summed E-state index contributed by atoms with van der Waals surface area (Å²) in [4.78, 5) is 14.2. The summed E-state index contributed by atoms with van der Waals surface area (Å²) in [6.45, 7) is 0.606. The molecule has 0 fully saturated rings. The molecule has 0 unspecified atom stereocenters. The van der Waals surface area contributed by atoms with Crippen molar-refractivity contribution in [3.8, 4) is 0 Å². The van der Waals surface area contributed by atoms with Crippen LogP contribution in [0.15, 0.2) is 72.8 Å². The highest BCUT2D eigenvalue weighted by molar-refractivity contribution is 5.94. The van der Waals surface area contributed by atoms with Crippen molar-refractivity contribution in [2.75, 3.05) is 7.05 Å². The lowest BCUT2D eigenvalue weighted by atomic mass is 10.0. The Morgan fingerprint density at radius 3 is 2.33 bits per heavy atom. The molecule has 0 aliphatic rings. The molecule has 0 radical (unpaired) electrons. The van der Waals surface area contributed by atoms with Crippen LogP contribution in [0.4, 0.5) is 0 Å². The predicted molar refractivity (Wildman–Crippen MR) is 86.2 cm³/mol. The monoisotopic (exact) mass is 275 g/mol. The van der Waals surface area contributed by atoms with Gasteiger partial charge < -0.3 is 4.90 Å². The summed E-state index contributed by atoms with van der Waals surface area (Å²) in [6.07, 6.45) is 0. The van der Waals surface area contributed by atoms with Gasteiger partial charge in [0.15, 0.2) is 0 Å². The standard InChI is InChI=1S/C19H17NO/c1-20(19(21)16-9-3-2-4-10-16)14-17-12-7-11-15-8-5-6-13-18(15)17/h2-13H,14H2,1H3. The maximum Gasteiger partial charge on any atom is 0.253 e. The minimum Gasteiger partial charge on any atom is -0.337 e. The Morgan fingerprint density at radius 2 is 1.52 bits per heavy atom. The molecule has 21 heavy (non-hydrogen) atoms. The zero-order valence-electron chi connectivity index (χ0n) is 12.0. The first-order chi connectivity index (χ1) is 10.3. The lowest BCUT2D eigenvalue weighted by molar-refractivity contribution is 0.0785. The fourth-order valence-corrected chi connectivity index (χ4v) is 2.56. The van der Waals surface area contributed by atoms with Gasteiger partial charge in [0.25, 0.3) is 5.91 Å². The maximum absolute atomic E-state index is 12.4. The molecule has 2 nitrogen and oxygen atoms in total. The van der Waals surface area contributed by atoms with Crippen LogP contribution >= 0.6 is 0 Å². The van der Waals surface area contributed by atoms with Gasteiger partial charge in [0.1, 0.15) is 0 Å². The van der Waals surface area contributed by atoms with Crippen LogP contribution in [0.3, 0.4) is 0 Å². The predicted octanol–water partition coefficient (Wildman–Crippen LogP) is 4.11. The van der Waals surface area contributed by atoms with Crippen molar-refractivity contribution in [2.45, 2.75) is 6.54 Å². The highest BCUT2D eigenvalue weighted by Gasteiger charge is 2.12. The smallest absolute Gasteiger partial charge is 0.253 e. The van der Waals surface area contributed by atoms with Crippen LogP contribution in [-0.4, -0.2) is 17.9 Å². The molecule has 104 valence electrons. The Labute approximate surface area is 124 Å². The fourth-order valence-electron chi connectivity index (χ4n) is 2.56. The van der Waals surface area contributed by atoms with E-state index in [0.717, 1.165) is 5.56 Å². The van der Waals surface area contributed by atoms with Gasteiger partial charge in [0.2, 0.25) is 0 Å². The van der Waals surface area contributed by atoms with Gasteiger partial charge in [-0.2, -0.15) is 0 Å². The van der Waals surface area contributed by atoms with E-state index in [1.807, 2.05) is 55.6 Å². The van der Waals surface area contributed by atoms with Crippen LogP contribution in [0.5, 0.6) is 0 Å². The van der Waals surface area contributed by atoms with Crippen LogP contribution in [0.2, 0.25) is 0 Å². The van der Waals surface area contributed by atoms with Crippen LogP contribution in [0.1, 0.15) is 15.9 Å². The number of benzene rings is 3. The van der Waals surface area contributed by atoms with Crippen molar-refractivity contribution in [2.24, 2.45) is 0 Å². The Balaban J connectivity index is 1.87. The third-order valence-corrected chi connectivity index (χ3v) is 3.65. The number of rotatable bonds is 3. The Kier molecular flexibility index (Phi) is 3.69. The van der Waals surface area contributed by atoms with Gasteiger partial charge in [0, 0.05) is 19.2 Å². The first kappa shape index (κ1) is 13.4. The highest BCUT2D eigenvalue weighted by atomic mass is 16.2. The summed E-state index contributed by atoms with van der Waals surface area (Å²) >= 11 is 0.